The van der Waals surface area contributed by atoms with Crippen LogP contribution in [0, 0.1) is 29.6 Å². The third kappa shape index (κ3) is 3.63. The van der Waals surface area contributed by atoms with Gasteiger partial charge in [-0.25, -0.2) is 0 Å². The maximum absolute atomic E-state index is 2.42. The molecule has 0 radical (unpaired) electrons. The van der Waals surface area contributed by atoms with Crippen LogP contribution in [0.4, 0.5) is 0 Å². The Morgan fingerprint density at radius 3 is 1.80 bits per heavy atom. The second kappa shape index (κ2) is 9.16. The van der Waals surface area contributed by atoms with Gasteiger partial charge in [0.15, 0.2) is 0 Å². The molecule has 0 aromatic heterocycles. The van der Waals surface area contributed by atoms with Crippen LogP contribution in [-0.2, 0) is 21.7 Å². The predicted molar refractivity (Wildman–Crippen MR) is 71.0 cm³/mol. The standard InChI is InChI=1S/C16H25.3ClH.Ti/c1-8-9(2)12(5)16-14(7)10(3)13(6)15(16)11(8)4;;;;/h8-9,11,13H,1-7H3;3*1H;/q-1;;;;+4/p-3. The van der Waals surface area contributed by atoms with Crippen molar-refractivity contribution in [2.75, 3.05) is 0 Å². The number of rotatable bonds is 0. The molecule has 4 heteroatoms. The van der Waals surface area contributed by atoms with E-state index in [2.05, 4.69) is 48.5 Å². The van der Waals surface area contributed by atoms with Gasteiger partial charge in [-0.15, -0.1) is 5.57 Å². The molecule has 0 aromatic rings. The SMILES string of the molecule is CC1=C(C)C(C)C2=C1[C-](C)C(C)C(C)C2C.[Cl-].[Cl-].[Cl-].[Ti+4]. The van der Waals surface area contributed by atoms with Crippen molar-refractivity contribution in [1.29, 1.82) is 0 Å². The van der Waals surface area contributed by atoms with Crippen LogP contribution < -0.4 is 37.2 Å². The van der Waals surface area contributed by atoms with E-state index in [0.29, 0.717) is 5.92 Å². The molecule has 0 nitrogen and oxygen atoms in total. The molecule has 0 saturated heterocycles. The number of hydrogen-bond acceptors (Lipinski definition) is 0. The molecule has 0 bridgehead atoms. The minimum absolute atomic E-state index is 0. The second-order valence-corrected chi connectivity index (χ2v) is 5.98. The van der Waals surface area contributed by atoms with Crippen LogP contribution >= 0.6 is 0 Å². The molecule has 0 fully saturated rings. The summed E-state index contributed by atoms with van der Waals surface area (Å²) in [5.74, 6) is 4.58. The summed E-state index contributed by atoms with van der Waals surface area (Å²) in [5.41, 5.74) is 6.50. The summed E-state index contributed by atoms with van der Waals surface area (Å²) in [7, 11) is 0. The van der Waals surface area contributed by atoms with E-state index in [9.17, 15) is 0 Å². The molecule has 0 aliphatic heterocycles. The van der Waals surface area contributed by atoms with Crippen molar-refractivity contribution in [3.8, 4) is 0 Å². The molecule has 2 aliphatic carbocycles. The van der Waals surface area contributed by atoms with Gasteiger partial charge in [-0.1, -0.05) is 72.1 Å². The number of hydrogen-bond donors (Lipinski definition) is 0. The molecule has 20 heavy (non-hydrogen) atoms. The third-order valence-corrected chi connectivity index (χ3v) is 5.52. The van der Waals surface area contributed by atoms with Crippen molar-refractivity contribution in [2.45, 2.75) is 48.5 Å². The van der Waals surface area contributed by atoms with Crippen LogP contribution in [0.2, 0.25) is 0 Å². The molecule has 114 valence electrons. The van der Waals surface area contributed by atoms with Gasteiger partial charge in [-0.05, 0) is 0 Å². The van der Waals surface area contributed by atoms with Crippen LogP contribution in [-0.4, -0.2) is 0 Å². The molecule has 0 amide bonds. The first-order valence-electron chi connectivity index (χ1n) is 6.63. The maximum atomic E-state index is 2.42. The molecular weight excluding hydrogens is 346 g/mol. The first-order valence-corrected chi connectivity index (χ1v) is 6.63. The van der Waals surface area contributed by atoms with Crippen molar-refractivity contribution < 1.29 is 58.9 Å². The Balaban J connectivity index is -0.000000722. The van der Waals surface area contributed by atoms with Crippen LogP contribution in [0.15, 0.2) is 22.3 Å². The molecular formula is C16H25Cl3Ti. The second-order valence-electron chi connectivity index (χ2n) is 5.98. The molecule has 0 N–H and O–H groups in total. The van der Waals surface area contributed by atoms with E-state index in [4.69, 9.17) is 0 Å². The van der Waals surface area contributed by atoms with Gasteiger partial charge >= 0.3 is 21.7 Å². The topological polar surface area (TPSA) is 0 Å². The van der Waals surface area contributed by atoms with Crippen molar-refractivity contribution in [3.63, 3.8) is 0 Å². The summed E-state index contributed by atoms with van der Waals surface area (Å²) in [6.07, 6.45) is 0. The molecule has 2 rings (SSSR count). The minimum atomic E-state index is 0. The zero-order chi connectivity index (χ0) is 12.2. The molecule has 4 unspecified atom stereocenters. The quantitative estimate of drug-likeness (QED) is 0.299. The fourth-order valence-corrected chi connectivity index (χ4v) is 3.67. The van der Waals surface area contributed by atoms with Gasteiger partial charge in [-0.3, -0.25) is 0 Å². The van der Waals surface area contributed by atoms with Crippen molar-refractivity contribution in [1.82, 2.24) is 0 Å². The Morgan fingerprint density at radius 2 is 1.35 bits per heavy atom. The largest absolute Gasteiger partial charge is 4.00 e. The van der Waals surface area contributed by atoms with Crippen LogP contribution in [0.25, 0.3) is 0 Å². The average Bonchev–Trinajstić information content (AvgIpc) is 2.48. The van der Waals surface area contributed by atoms with Gasteiger partial charge in [0.2, 0.25) is 0 Å². The molecule has 0 spiro atoms. The Kier molecular flexibility index (Phi) is 11.8. The third-order valence-electron chi connectivity index (χ3n) is 5.52. The van der Waals surface area contributed by atoms with E-state index >= 15 is 0 Å². The Hall–Kier alpha value is 0.934. The summed E-state index contributed by atoms with van der Waals surface area (Å²) in [4.78, 5) is 0. The minimum Gasteiger partial charge on any atom is -1.00 e. The first kappa shape index (κ1) is 25.9. The molecule has 0 heterocycles. The molecule has 4 atom stereocenters. The van der Waals surface area contributed by atoms with Crippen molar-refractivity contribution in [2.24, 2.45) is 23.7 Å². The monoisotopic (exact) mass is 370 g/mol. The summed E-state index contributed by atoms with van der Waals surface area (Å²) in [6, 6.07) is 0. The number of allylic oxidation sites excluding steroid dienone is 4. The van der Waals surface area contributed by atoms with Crippen molar-refractivity contribution in [3.05, 3.63) is 28.2 Å². The van der Waals surface area contributed by atoms with E-state index in [1.54, 1.807) is 28.2 Å². The summed E-state index contributed by atoms with van der Waals surface area (Å²) >= 11 is 0. The average molecular weight is 372 g/mol. The smallest absolute Gasteiger partial charge is 1.00 e. The Bertz CT molecular complexity index is 387. The van der Waals surface area contributed by atoms with Gasteiger partial charge < -0.3 is 37.2 Å². The van der Waals surface area contributed by atoms with E-state index in [1.807, 2.05) is 0 Å². The molecule has 2 aliphatic rings. The summed E-state index contributed by atoms with van der Waals surface area (Å²) in [5, 5.41) is 0. The van der Waals surface area contributed by atoms with Crippen LogP contribution in [0.1, 0.15) is 48.5 Å². The molecule has 0 aromatic carbocycles. The Morgan fingerprint density at radius 1 is 0.900 bits per heavy atom. The zero-order valence-corrected chi connectivity index (χ0v) is 17.3. The predicted octanol–water partition coefficient (Wildman–Crippen LogP) is -4.21. The van der Waals surface area contributed by atoms with E-state index in [1.165, 1.54) is 0 Å². The fourth-order valence-electron chi connectivity index (χ4n) is 3.67. The number of halogens is 3. The summed E-state index contributed by atoms with van der Waals surface area (Å²) < 4.78 is 0. The zero-order valence-electron chi connectivity index (χ0n) is 13.4. The normalized spacial score (nSPS) is 31.6. The van der Waals surface area contributed by atoms with Crippen molar-refractivity contribution >= 4 is 0 Å². The van der Waals surface area contributed by atoms with Gasteiger partial charge in [0.25, 0.3) is 0 Å². The van der Waals surface area contributed by atoms with E-state index in [0.717, 1.165) is 17.8 Å². The van der Waals surface area contributed by atoms with Gasteiger partial charge in [0, 0.05) is 0 Å². The summed E-state index contributed by atoms with van der Waals surface area (Å²) in [6.45, 7) is 16.6. The van der Waals surface area contributed by atoms with E-state index < -0.39 is 0 Å². The van der Waals surface area contributed by atoms with Crippen LogP contribution in [0.5, 0.6) is 0 Å². The van der Waals surface area contributed by atoms with Gasteiger partial charge in [-0.2, -0.15) is 22.6 Å². The molecule has 0 saturated carbocycles. The fraction of sp³-hybridized carbons (Fsp3) is 0.688. The maximum Gasteiger partial charge on any atom is 4.00 e. The van der Waals surface area contributed by atoms with Gasteiger partial charge in [0.1, 0.15) is 0 Å². The van der Waals surface area contributed by atoms with E-state index in [-0.39, 0.29) is 58.9 Å². The van der Waals surface area contributed by atoms with Gasteiger partial charge in [0.05, 0.1) is 0 Å². The first-order chi connectivity index (χ1) is 7.37. The Labute approximate surface area is 158 Å². The van der Waals surface area contributed by atoms with Crippen LogP contribution in [0.3, 0.4) is 0 Å².